The molecule has 2 fully saturated rings. The summed E-state index contributed by atoms with van der Waals surface area (Å²) in [6.07, 6.45) is 1.53. The highest BCUT2D eigenvalue weighted by Crippen LogP contribution is 2.59. The lowest BCUT2D eigenvalue weighted by atomic mass is 9.61. The molecule has 2 saturated heterocycles. The predicted molar refractivity (Wildman–Crippen MR) is 141 cm³/mol. The largest absolute Gasteiger partial charge is 0.396 e. The molecule has 208 valence electrons. The molecule has 1 aromatic carbocycles. The number of allylic oxidation sites excluding steroid dienone is 3. The van der Waals surface area contributed by atoms with Crippen LogP contribution in [0, 0.1) is 22.6 Å². The average molecular weight is 572 g/mol. The number of amides is 2. The maximum Gasteiger partial charge on any atom is 0.237 e. The van der Waals surface area contributed by atoms with Crippen molar-refractivity contribution >= 4 is 35.0 Å². The Labute approximate surface area is 230 Å². The second-order valence-electron chi connectivity index (χ2n) is 11.4. The van der Waals surface area contributed by atoms with E-state index < -0.39 is 58.5 Å². The summed E-state index contributed by atoms with van der Waals surface area (Å²) in [5, 5.41) is 26.6. The van der Waals surface area contributed by atoms with Gasteiger partial charge in [-0.05, 0) is 41.2 Å². The van der Waals surface area contributed by atoms with Gasteiger partial charge in [0.05, 0.1) is 16.4 Å². The van der Waals surface area contributed by atoms with Crippen LogP contribution in [0.3, 0.4) is 0 Å². The van der Waals surface area contributed by atoms with Crippen LogP contribution in [0.5, 0.6) is 0 Å². The molecule has 2 aliphatic heterocycles. The molecule has 0 bridgehead atoms. The second kappa shape index (κ2) is 10.8. The van der Waals surface area contributed by atoms with E-state index >= 15 is 8.78 Å². The van der Waals surface area contributed by atoms with E-state index in [0.29, 0.717) is 17.7 Å². The summed E-state index contributed by atoms with van der Waals surface area (Å²) < 4.78 is 30.7. The Bertz CT molecular complexity index is 1170. The SMILES string of the molecule is CC(C)(C)C[C@H]1N[C@@H](C(=O)NCC(CO)CO)[C@H](c2cccc(Cl)c2F)[C@@]12C(=O)NC1=CC(Cl)C(F)C=C12. The standard InChI is InChI=1S/C27H33Cl2F2N3O4/c1-26(2,3)9-20-27(15-7-18(30)17(29)8-19(15)33-25(27)38)21(14-5-4-6-16(28)22(14)31)23(34-20)24(37)32-10-13(11-35)12-36/h4-8,13,17-18,20-21,23,34-36H,9-12H2,1-3H3,(H,32,37)(H,33,38)/t17?,18?,20-,21+,23-,27+/m1/s1. The summed E-state index contributed by atoms with van der Waals surface area (Å²) in [7, 11) is 0. The fourth-order valence-electron chi connectivity index (χ4n) is 5.86. The molecule has 11 heteroatoms. The number of aliphatic hydroxyl groups excluding tert-OH is 2. The maximum absolute atomic E-state index is 15.7. The van der Waals surface area contributed by atoms with Crippen LogP contribution in [0.15, 0.2) is 41.6 Å². The minimum atomic E-state index is -1.59. The van der Waals surface area contributed by atoms with Crippen LogP contribution >= 0.6 is 23.2 Å². The van der Waals surface area contributed by atoms with Crippen molar-refractivity contribution in [3.63, 3.8) is 0 Å². The van der Waals surface area contributed by atoms with E-state index in [0.717, 1.165) is 0 Å². The molecule has 2 amide bonds. The number of benzene rings is 1. The summed E-state index contributed by atoms with van der Waals surface area (Å²) in [5.41, 5.74) is -1.17. The maximum atomic E-state index is 15.7. The second-order valence-corrected chi connectivity index (χ2v) is 12.3. The molecule has 0 saturated carbocycles. The first-order chi connectivity index (χ1) is 17.8. The zero-order chi connectivity index (χ0) is 28.0. The molecule has 38 heavy (non-hydrogen) atoms. The zero-order valence-electron chi connectivity index (χ0n) is 21.4. The van der Waals surface area contributed by atoms with Gasteiger partial charge >= 0.3 is 0 Å². The van der Waals surface area contributed by atoms with Gasteiger partial charge in [0.2, 0.25) is 11.8 Å². The Balaban J connectivity index is 1.92. The average Bonchev–Trinajstić information content (AvgIpc) is 3.31. The topological polar surface area (TPSA) is 111 Å². The van der Waals surface area contributed by atoms with E-state index in [1.807, 2.05) is 20.8 Å². The molecular weight excluding hydrogens is 539 g/mol. The number of rotatable bonds is 7. The van der Waals surface area contributed by atoms with Gasteiger partial charge in [-0.15, -0.1) is 11.6 Å². The number of hydrogen-bond donors (Lipinski definition) is 5. The lowest BCUT2D eigenvalue weighted by Gasteiger charge is -2.38. The number of carbonyl (C=O) groups excluding carboxylic acids is 2. The van der Waals surface area contributed by atoms with Gasteiger partial charge in [-0.3, -0.25) is 9.59 Å². The van der Waals surface area contributed by atoms with Crippen molar-refractivity contribution in [2.75, 3.05) is 19.8 Å². The van der Waals surface area contributed by atoms with Gasteiger partial charge < -0.3 is 26.2 Å². The molecule has 2 heterocycles. The van der Waals surface area contributed by atoms with Crippen LogP contribution in [-0.4, -0.2) is 65.4 Å². The number of alkyl halides is 2. The molecule has 0 aromatic heterocycles. The van der Waals surface area contributed by atoms with E-state index in [1.165, 1.54) is 24.3 Å². The normalized spacial score (nSPS) is 30.8. The third-order valence-electron chi connectivity index (χ3n) is 7.57. The lowest BCUT2D eigenvalue weighted by Crippen LogP contribution is -2.47. The summed E-state index contributed by atoms with van der Waals surface area (Å²) in [6, 6.07) is 2.59. The lowest BCUT2D eigenvalue weighted by molar-refractivity contribution is -0.128. The molecule has 1 aliphatic carbocycles. The van der Waals surface area contributed by atoms with Gasteiger partial charge in [0.1, 0.15) is 17.4 Å². The molecule has 3 aliphatic rings. The van der Waals surface area contributed by atoms with Gasteiger partial charge in [0, 0.05) is 43.3 Å². The highest BCUT2D eigenvalue weighted by atomic mass is 35.5. The highest BCUT2D eigenvalue weighted by molar-refractivity contribution is 6.30. The van der Waals surface area contributed by atoms with E-state index in [4.69, 9.17) is 23.2 Å². The molecule has 2 unspecified atom stereocenters. The van der Waals surface area contributed by atoms with Crippen LogP contribution in [0.1, 0.15) is 38.7 Å². The first-order valence-corrected chi connectivity index (χ1v) is 13.4. The Hall–Kier alpha value is -2.04. The Morgan fingerprint density at radius 3 is 2.55 bits per heavy atom. The first kappa shape index (κ1) is 29.0. The smallest absolute Gasteiger partial charge is 0.237 e. The summed E-state index contributed by atoms with van der Waals surface area (Å²) >= 11 is 12.3. The predicted octanol–water partition coefficient (Wildman–Crippen LogP) is 2.94. The third kappa shape index (κ3) is 4.99. The van der Waals surface area contributed by atoms with E-state index in [9.17, 15) is 19.8 Å². The van der Waals surface area contributed by atoms with Crippen LogP contribution in [0.4, 0.5) is 8.78 Å². The molecule has 4 rings (SSSR count). The van der Waals surface area contributed by atoms with Crippen LogP contribution < -0.4 is 16.0 Å². The number of halogens is 4. The number of fused-ring (bicyclic) bond motifs is 2. The van der Waals surface area contributed by atoms with Crippen molar-refractivity contribution in [3.8, 4) is 0 Å². The fraction of sp³-hybridized carbons (Fsp3) is 0.556. The van der Waals surface area contributed by atoms with Gasteiger partial charge in [-0.2, -0.15) is 0 Å². The zero-order valence-corrected chi connectivity index (χ0v) is 22.9. The number of aliphatic hydroxyl groups is 2. The first-order valence-electron chi connectivity index (χ1n) is 12.6. The van der Waals surface area contributed by atoms with Crippen molar-refractivity contribution in [1.82, 2.24) is 16.0 Å². The minimum absolute atomic E-state index is 0.0355. The summed E-state index contributed by atoms with van der Waals surface area (Å²) in [5.74, 6) is -3.51. The van der Waals surface area contributed by atoms with Crippen molar-refractivity contribution in [2.24, 2.45) is 16.7 Å². The van der Waals surface area contributed by atoms with Crippen molar-refractivity contribution in [1.29, 1.82) is 0 Å². The van der Waals surface area contributed by atoms with Crippen molar-refractivity contribution in [2.45, 2.75) is 56.7 Å². The number of nitrogens with one attached hydrogen (secondary N) is 3. The summed E-state index contributed by atoms with van der Waals surface area (Å²) in [6.45, 7) is 5.19. The van der Waals surface area contributed by atoms with Crippen molar-refractivity contribution < 1.29 is 28.6 Å². The highest BCUT2D eigenvalue weighted by Gasteiger charge is 2.67. The van der Waals surface area contributed by atoms with Gasteiger partial charge in [-0.1, -0.05) is 44.5 Å². The van der Waals surface area contributed by atoms with Crippen LogP contribution in [-0.2, 0) is 9.59 Å². The van der Waals surface area contributed by atoms with Crippen LogP contribution in [0.2, 0.25) is 5.02 Å². The molecule has 5 N–H and O–H groups in total. The molecule has 0 radical (unpaired) electrons. The van der Waals surface area contributed by atoms with Crippen LogP contribution in [0.25, 0.3) is 0 Å². The Morgan fingerprint density at radius 1 is 1.24 bits per heavy atom. The number of hydrogen-bond acceptors (Lipinski definition) is 5. The van der Waals surface area contributed by atoms with Gasteiger partial charge in [0.25, 0.3) is 0 Å². The third-order valence-corrected chi connectivity index (χ3v) is 8.23. The van der Waals surface area contributed by atoms with Gasteiger partial charge in [-0.25, -0.2) is 8.78 Å². The molecule has 6 atom stereocenters. The molecule has 1 spiro atoms. The molecular formula is C27H33Cl2F2N3O4. The van der Waals surface area contributed by atoms with Gasteiger partial charge in [0.15, 0.2) is 0 Å². The Morgan fingerprint density at radius 2 is 1.92 bits per heavy atom. The molecule has 7 nitrogen and oxygen atoms in total. The van der Waals surface area contributed by atoms with E-state index in [1.54, 1.807) is 6.07 Å². The fourth-order valence-corrected chi connectivity index (χ4v) is 6.25. The molecule has 1 aromatic rings. The monoisotopic (exact) mass is 571 g/mol. The Kier molecular flexibility index (Phi) is 8.27. The number of carbonyl (C=O) groups is 2. The van der Waals surface area contributed by atoms with Crippen molar-refractivity contribution in [3.05, 3.63) is 58.0 Å². The van der Waals surface area contributed by atoms with E-state index in [-0.39, 0.29) is 35.8 Å². The quantitative estimate of drug-likeness (QED) is 0.323. The summed E-state index contributed by atoms with van der Waals surface area (Å²) in [4.78, 5) is 27.7. The minimum Gasteiger partial charge on any atom is -0.396 e. The van der Waals surface area contributed by atoms with E-state index in [2.05, 4.69) is 16.0 Å².